The van der Waals surface area contributed by atoms with Crippen LogP contribution in [0.3, 0.4) is 0 Å². The van der Waals surface area contributed by atoms with Crippen LogP contribution in [0.1, 0.15) is 5.69 Å². The molecule has 1 N–H and O–H groups in total. The van der Waals surface area contributed by atoms with E-state index in [-0.39, 0.29) is 6.61 Å². The number of nitrogens with zero attached hydrogens (tertiary/aromatic N) is 2. The summed E-state index contributed by atoms with van der Waals surface area (Å²) in [5, 5.41) is 13.1. The summed E-state index contributed by atoms with van der Waals surface area (Å²) in [4.78, 5) is 0. The smallest absolute Gasteiger partial charge is 0.0929 e. The lowest BCUT2D eigenvalue weighted by molar-refractivity contribution is 0.343. The molecule has 0 unspecified atom stereocenters. The molecule has 0 fully saturated rings. The summed E-state index contributed by atoms with van der Waals surface area (Å²) >= 11 is 0. The van der Waals surface area contributed by atoms with E-state index in [2.05, 4.69) is 5.10 Å². The van der Waals surface area contributed by atoms with Gasteiger partial charge in [0, 0.05) is 12.6 Å². The van der Waals surface area contributed by atoms with Crippen molar-refractivity contribution in [1.82, 2.24) is 9.78 Å². The lowest BCUT2D eigenvalue weighted by Crippen LogP contribution is -1.93. The molecule has 3 heteroatoms. The molecule has 2 aromatic rings. The normalized spacial score (nSPS) is 11.1. The van der Waals surface area contributed by atoms with Gasteiger partial charge in [0.1, 0.15) is 0 Å². The Morgan fingerprint density at radius 2 is 2.06 bits per heavy atom. The van der Waals surface area contributed by atoms with E-state index in [0.29, 0.717) is 0 Å². The monoisotopic (exact) mass is 214 g/mol. The Morgan fingerprint density at radius 3 is 2.75 bits per heavy atom. The van der Waals surface area contributed by atoms with E-state index < -0.39 is 0 Å². The highest BCUT2D eigenvalue weighted by Crippen LogP contribution is 2.18. The Morgan fingerprint density at radius 1 is 1.31 bits per heavy atom. The van der Waals surface area contributed by atoms with E-state index in [0.717, 1.165) is 17.0 Å². The van der Waals surface area contributed by atoms with Crippen LogP contribution in [0.4, 0.5) is 0 Å². The SMILES string of the molecule is Cn1nc(-c2ccccc2)cc1/C=C/CO. The van der Waals surface area contributed by atoms with Crippen molar-refractivity contribution in [3.63, 3.8) is 0 Å². The molecule has 0 saturated heterocycles. The highest BCUT2D eigenvalue weighted by molar-refractivity contribution is 5.62. The largest absolute Gasteiger partial charge is 0.392 e. The van der Waals surface area contributed by atoms with Crippen molar-refractivity contribution in [2.75, 3.05) is 6.61 Å². The molecule has 0 amide bonds. The van der Waals surface area contributed by atoms with E-state index in [9.17, 15) is 0 Å². The van der Waals surface area contributed by atoms with Gasteiger partial charge in [-0.2, -0.15) is 5.10 Å². The molecule has 3 nitrogen and oxygen atoms in total. The van der Waals surface area contributed by atoms with Crippen LogP contribution in [-0.2, 0) is 7.05 Å². The van der Waals surface area contributed by atoms with Gasteiger partial charge in [-0.05, 0) is 12.1 Å². The summed E-state index contributed by atoms with van der Waals surface area (Å²) in [5.41, 5.74) is 3.02. The van der Waals surface area contributed by atoms with Crippen molar-refractivity contribution in [3.05, 3.63) is 48.2 Å². The minimum absolute atomic E-state index is 0.0475. The molecule has 1 aromatic carbocycles. The van der Waals surface area contributed by atoms with Gasteiger partial charge in [0.05, 0.1) is 18.0 Å². The zero-order chi connectivity index (χ0) is 11.4. The maximum absolute atomic E-state index is 8.73. The molecular formula is C13H14N2O. The van der Waals surface area contributed by atoms with Crippen LogP contribution in [0.2, 0.25) is 0 Å². The van der Waals surface area contributed by atoms with Gasteiger partial charge in [-0.1, -0.05) is 36.4 Å². The molecule has 82 valence electrons. The second-order valence-corrected chi connectivity index (χ2v) is 3.53. The summed E-state index contributed by atoms with van der Waals surface area (Å²) in [6, 6.07) is 12.0. The molecule has 2 rings (SSSR count). The van der Waals surface area contributed by atoms with Gasteiger partial charge in [0.25, 0.3) is 0 Å². The molecule has 16 heavy (non-hydrogen) atoms. The molecule has 0 aliphatic rings. The lowest BCUT2D eigenvalue weighted by Gasteiger charge is -1.93. The van der Waals surface area contributed by atoms with Gasteiger partial charge in [0.15, 0.2) is 0 Å². The summed E-state index contributed by atoms with van der Waals surface area (Å²) in [6.45, 7) is 0.0475. The fourth-order valence-electron chi connectivity index (χ4n) is 1.56. The standard InChI is InChI=1S/C13H14N2O/c1-15-12(8-5-9-16)10-13(14-15)11-6-3-2-4-7-11/h2-8,10,16H,9H2,1H3/b8-5+. The average molecular weight is 214 g/mol. The lowest BCUT2D eigenvalue weighted by atomic mass is 10.1. The van der Waals surface area contributed by atoms with Crippen molar-refractivity contribution in [1.29, 1.82) is 0 Å². The van der Waals surface area contributed by atoms with Crippen LogP contribution >= 0.6 is 0 Å². The van der Waals surface area contributed by atoms with Gasteiger partial charge in [-0.25, -0.2) is 0 Å². The van der Waals surface area contributed by atoms with Gasteiger partial charge in [-0.15, -0.1) is 0 Å². The number of aryl methyl sites for hydroxylation is 1. The van der Waals surface area contributed by atoms with Gasteiger partial charge in [-0.3, -0.25) is 4.68 Å². The van der Waals surface area contributed by atoms with E-state index in [4.69, 9.17) is 5.11 Å². The van der Waals surface area contributed by atoms with Crippen molar-refractivity contribution < 1.29 is 5.11 Å². The zero-order valence-corrected chi connectivity index (χ0v) is 9.17. The first kappa shape index (κ1) is 10.6. The van der Waals surface area contributed by atoms with Gasteiger partial charge >= 0.3 is 0 Å². The molecule has 0 saturated carbocycles. The van der Waals surface area contributed by atoms with Crippen LogP contribution in [0.15, 0.2) is 42.5 Å². The van der Waals surface area contributed by atoms with E-state index >= 15 is 0 Å². The van der Waals surface area contributed by atoms with Crippen molar-refractivity contribution in [2.45, 2.75) is 0 Å². The molecule has 0 spiro atoms. The minimum Gasteiger partial charge on any atom is -0.392 e. The second-order valence-electron chi connectivity index (χ2n) is 3.53. The number of aliphatic hydroxyl groups is 1. The molecular weight excluding hydrogens is 200 g/mol. The average Bonchev–Trinajstić information content (AvgIpc) is 2.69. The summed E-state index contributed by atoms with van der Waals surface area (Å²) in [5.74, 6) is 0. The van der Waals surface area contributed by atoms with E-state index in [1.54, 1.807) is 10.8 Å². The third kappa shape index (κ3) is 2.20. The summed E-state index contributed by atoms with van der Waals surface area (Å²) in [7, 11) is 1.89. The van der Waals surface area contributed by atoms with Crippen molar-refractivity contribution in [3.8, 4) is 11.3 Å². The Labute approximate surface area is 94.7 Å². The van der Waals surface area contributed by atoms with Gasteiger partial charge in [0.2, 0.25) is 0 Å². The quantitative estimate of drug-likeness (QED) is 0.849. The van der Waals surface area contributed by atoms with E-state index in [1.165, 1.54) is 0 Å². The molecule has 1 aromatic heterocycles. The summed E-state index contributed by atoms with van der Waals surface area (Å²) < 4.78 is 1.80. The zero-order valence-electron chi connectivity index (χ0n) is 9.17. The molecule has 0 radical (unpaired) electrons. The number of benzene rings is 1. The number of hydrogen-bond donors (Lipinski definition) is 1. The molecule has 1 heterocycles. The topological polar surface area (TPSA) is 38.0 Å². The second kappa shape index (κ2) is 4.77. The van der Waals surface area contributed by atoms with Crippen LogP contribution in [0, 0.1) is 0 Å². The molecule has 0 aliphatic heterocycles. The van der Waals surface area contributed by atoms with Crippen LogP contribution < -0.4 is 0 Å². The third-order valence-electron chi connectivity index (χ3n) is 2.38. The van der Waals surface area contributed by atoms with Gasteiger partial charge < -0.3 is 5.11 Å². The number of hydrogen-bond acceptors (Lipinski definition) is 2. The highest BCUT2D eigenvalue weighted by Gasteiger charge is 2.03. The van der Waals surface area contributed by atoms with Crippen molar-refractivity contribution >= 4 is 6.08 Å². The molecule has 0 bridgehead atoms. The highest BCUT2D eigenvalue weighted by atomic mass is 16.2. The van der Waals surface area contributed by atoms with Crippen LogP contribution in [-0.4, -0.2) is 21.5 Å². The maximum atomic E-state index is 8.73. The third-order valence-corrected chi connectivity index (χ3v) is 2.38. The number of aliphatic hydroxyl groups excluding tert-OH is 1. The van der Waals surface area contributed by atoms with E-state index in [1.807, 2.05) is 49.5 Å². The fourth-order valence-corrected chi connectivity index (χ4v) is 1.56. The Bertz CT molecular complexity index is 486. The fraction of sp³-hybridized carbons (Fsp3) is 0.154. The first-order valence-electron chi connectivity index (χ1n) is 5.18. The minimum atomic E-state index is 0.0475. The predicted octanol–water partition coefficient (Wildman–Crippen LogP) is 2.09. The first-order valence-corrected chi connectivity index (χ1v) is 5.18. The van der Waals surface area contributed by atoms with Crippen LogP contribution in [0.5, 0.6) is 0 Å². The Hall–Kier alpha value is -1.87. The first-order chi connectivity index (χ1) is 7.81. The number of rotatable bonds is 3. The Balaban J connectivity index is 2.35. The predicted molar refractivity (Wildman–Crippen MR) is 64.8 cm³/mol. The Kier molecular flexibility index (Phi) is 3.17. The van der Waals surface area contributed by atoms with Crippen LogP contribution in [0.25, 0.3) is 17.3 Å². The summed E-state index contributed by atoms with van der Waals surface area (Å²) in [6.07, 6.45) is 3.56. The molecule has 0 atom stereocenters. The maximum Gasteiger partial charge on any atom is 0.0929 e. The molecule has 0 aliphatic carbocycles. The number of aromatic nitrogens is 2. The van der Waals surface area contributed by atoms with Crippen molar-refractivity contribution in [2.24, 2.45) is 7.05 Å².